The number of nitrogens with one attached hydrogen (secondary N) is 1. The Kier molecular flexibility index (Phi) is 5.37. The third-order valence-electron chi connectivity index (χ3n) is 2.11. The molecule has 1 N–H and O–H groups in total. The van der Waals surface area contributed by atoms with E-state index >= 15 is 0 Å². The van der Waals surface area contributed by atoms with Crippen LogP contribution in [-0.4, -0.2) is 30.2 Å². The number of amides is 1. The number of carbonyl (C=O) groups excluding carboxylic acids is 1. The SMILES string of the molecule is COCC(C)NC(=O)Cn1cccc(Br)c1=O. The van der Waals surface area contributed by atoms with Crippen LogP contribution in [0.25, 0.3) is 0 Å². The largest absolute Gasteiger partial charge is 0.383 e. The molecule has 0 bridgehead atoms. The summed E-state index contributed by atoms with van der Waals surface area (Å²) in [4.78, 5) is 23.2. The number of ether oxygens (including phenoxy) is 1. The first-order valence-electron chi connectivity index (χ1n) is 5.18. The normalized spacial score (nSPS) is 12.2. The van der Waals surface area contributed by atoms with Crippen molar-refractivity contribution in [1.29, 1.82) is 0 Å². The summed E-state index contributed by atoms with van der Waals surface area (Å²) in [7, 11) is 1.57. The molecule has 0 spiro atoms. The lowest BCUT2D eigenvalue weighted by molar-refractivity contribution is -0.122. The van der Waals surface area contributed by atoms with Crippen LogP contribution in [0.1, 0.15) is 6.92 Å². The molecule has 1 aromatic heterocycles. The second-order valence-corrected chi connectivity index (χ2v) is 4.57. The van der Waals surface area contributed by atoms with Gasteiger partial charge in [0.2, 0.25) is 5.91 Å². The highest BCUT2D eigenvalue weighted by atomic mass is 79.9. The van der Waals surface area contributed by atoms with Crippen LogP contribution in [-0.2, 0) is 16.1 Å². The Labute approximate surface area is 108 Å². The lowest BCUT2D eigenvalue weighted by Gasteiger charge is -2.13. The van der Waals surface area contributed by atoms with Gasteiger partial charge in [-0.2, -0.15) is 0 Å². The van der Waals surface area contributed by atoms with Gasteiger partial charge < -0.3 is 14.6 Å². The molecular weight excluding hydrogens is 288 g/mol. The Morgan fingerprint density at radius 1 is 1.65 bits per heavy atom. The molecule has 0 aliphatic heterocycles. The van der Waals surface area contributed by atoms with E-state index in [-0.39, 0.29) is 24.1 Å². The lowest BCUT2D eigenvalue weighted by Crippen LogP contribution is -2.39. The molecule has 0 aliphatic rings. The third-order valence-corrected chi connectivity index (χ3v) is 2.72. The molecule has 0 saturated heterocycles. The summed E-state index contributed by atoms with van der Waals surface area (Å²) >= 11 is 3.13. The van der Waals surface area contributed by atoms with Crippen molar-refractivity contribution in [3.05, 3.63) is 33.2 Å². The van der Waals surface area contributed by atoms with Gasteiger partial charge in [-0.05, 0) is 35.0 Å². The number of hydrogen-bond acceptors (Lipinski definition) is 3. The highest BCUT2D eigenvalue weighted by Crippen LogP contribution is 2.00. The maximum atomic E-state index is 11.6. The molecule has 1 amide bonds. The van der Waals surface area contributed by atoms with E-state index in [0.29, 0.717) is 11.1 Å². The van der Waals surface area contributed by atoms with Crippen LogP contribution in [0.15, 0.2) is 27.6 Å². The van der Waals surface area contributed by atoms with Gasteiger partial charge in [0.1, 0.15) is 6.54 Å². The molecule has 94 valence electrons. The van der Waals surface area contributed by atoms with Crippen LogP contribution in [0.3, 0.4) is 0 Å². The molecule has 5 nitrogen and oxygen atoms in total. The molecule has 0 aromatic carbocycles. The predicted octanol–water partition coefficient (Wildman–Crippen LogP) is 0.762. The first-order valence-corrected chi connectivity index (χ1v) is 5.97. The molecule has 6 heteroatoms. The van der Waals surface area contributed by atoms with Gasteiger partial charge in [-0.3, -0.25) is 9.59 Å². The molecule has 17 heavy (non-hydrogen) atoms. The van der Waals surface area contributed by atoms with Crippen LogP contribution in [0.5, 0.6) is 0 Å². The number of carbonyl (C=O) groups is 1. The Morgan fingerprint density at radius 3 is 3.00 bits per heavy atom. The summed E-state index contributed by atoms with van der Waals surface area (Å²) in [6, 6.07) is 3.28. The highest BCUT2D eigenvalue weighted by Gasteiger charge is 2.09. The van der Waals surface area contributed by atoms with Gasteiger partial charge >= 0.3 is 0 Å². The molecule has 0 fully saturated rings. The Balaban J connectivity index is 2.62. The van der Waals surface area contributed by atoms with Crippen LogP contribution in [0, 0.1) is 0 Å². The summed E-state index contributed by atoms with van der Waals surface area (Å²) in [5, 5.41) is 2.74. The molecular formula is C11H15BrN2O3. The number of nitrogens with zero attached hydrogens (tertiary/aromatic N) is 1. The minimum atomic E-state index is -0.220. The Bertz CT molecular complexity index is 445. The van der Waals surface area contributed by atoms with Crippen LogP contribution < -0.4 is 10.9 Å². The summed E-state index contributed by atoms with van der Waals surface area (Å²) < 4.78 is 6.70. The second kappa shape index (κ2) is 6.56. The molecule has 0 saturated carbocycles. The fraction of sp³-hybridized carbons (Fsp3) is 0.455. The van der Waals surface area contributed by atoms with Crippen LogP contribution >= 0.6 is 15.9 Å². The first-order chi connectivity index (χ1) is 8.04. The average molecular weight is 303 g/mol. The molecule has 0 aliphatic carbocycles. The Morgan fingerprint density at radius 2 is 2.35 bits per heavy atom. The number of hydrogen-bond donors (Lipinski definition) is 1. The van der Waals surface area contributed by atoms with Crippen LogP contribution in [0.4, 0.5) is 0 Å². The summed E-state index contributed by atoms with van der Waals surface area (Å²) in [5.74, 6) is -0.213. The van der Waals surface area contributed by atoms with E-state index < -0.39 is 0 Å². The maximum absolute atomic E-state index is 11.6. The zero-order valence-electron chi connectivity index (χ0n) is 9.77. The maximum Gasteiger partial charge on any atom is 0.265 e. The van der Waals surface area contributed by atoms with Crippen molar-refractivity contribution in [3.63, 3.8) is 0 Å². The number of methoxy groups -OCH3 is 1. The highest BCUT2D eigenvalue weighted by molar-refractivity contribution is 9.10. The van der Waals surface area contributed by atoms with Gasteiger partial charge in [0.25, 0.3) is 5.56 Å². The van der Waals surface area contributed by atoms with E-state index in [4.69, 9.17) is 4.74 Å². The molecule has 1 aromatic rings. The standard InChI is InChI=1S/C11H15BrN2O3/c1-8(7-17-2)13-10(15)6-14-5-3-4-9(12)11(14)16/h3-5,8H,6-7H2,1-2H3,(H,13,15). The van der Waals surface area contributed by atoms with Crippen molar-refractivity contribution in [1.82, 2.24) is 9.88 Å². The number of aromatic nitrogens is 1. The van der Waals surface area contributed by atoms with E-state index in [1.165, 1.54) is 4.57 Å². The summed E-state index contributed by atoms with van der Waals surface area (Å²) in [6.07, 6.45) is 1.58. The molecule has 0 radical (unpaired) electrons. The van der Waals surface area contributed by atoms with Crippen molar-refractivity contribution in [3.8, 4) is 0 Å². The Hall–Kier alpha value is -1.14. The van der Waals surface area contributed by atoms with Crippen molar-refractivity contribution in [2.75, 3.05) is 13.7 Å². The monoisotopic (exact) mass is 302 g/mol. The van der Waals surface area contributed by atoms with Crippen molar-refractivity contribution in [2.24, 2.45) is 0 Å². The number of halogens is 1. The fourth-order valence-electron chi connectivity index (χ4n) is 1.40. The van der Waals surface area contributed by atoms with Crippen molar-refractivity contribution < 1.29 is 9.53 Å². The second-order valence-electron chi connectivity index (χ2n) is 3.71. The van der Waals surface area contributed by atoms with Gasteiger partial charge in [0.05, 0.1) is 11.1 Å². The van der Waals surface area contributed by atoms with Crippen molar-refractivity contribution in [2.45, 2.75) is 19.5 Å². The molecule has 1 rings (SSSR count). The summed E-state index contributed by atoms with van der Waals surface area (Å²) in [5.41, 5.74) is -0.220. The zero-order valence-corrected chi connectivity index (χ0v) is 11.4. The zero-order chi connectivity index (χ0) is 12.8. The molecule has 1 unspecified atom stereocenters. The smallest absolute Gasteiger partial charge is 0.265 e. The fourth-order valence-corrected chi connectivity index (χ4v) is 1.78. The quantitative estimate of drug-likeness (QED) is 0.874. The van der Waals surface area contributed by atoms with E-state index in [1.54, 1.807) is 25.4 Å². The minimum Gasteiger partial charge on any atom is -0.383 e. The third kappa shape index (κ3) is 4.32. The number of rotatable bonds is 5. The van der Waals surface area contributed by atoms with Gasteiger partial charge in [0, 0.05) is 19.3 Å². The van der Waals surface area contributed by atoms with Gasteiger partial charge in [0.15, 0.2) is 0 Å². The molecule has 1 heterocycles. The van der Waals surface area contributed by atoms with Crippen molar-refractivity contribution >= 4 is 21.8 Å². The van der Waals surface area contributed by atoms with E-state index in [2.05, 4.69) is 21.2 Å². The van der Waals surface area contributed by atoms with Gasteiger partial charge in [-0.1, -0.05) is 0 Å². The lowest BCUT2D eigenvalue weighted by atomic mass is 10.3. The van der Waals surface area contributed by atoms with Gasteiger partial charge in [-0.15, -0.1) is 0 Å². The topological polar surface area (TPSA) is 60.3 Å². The minimum absolute atomic E-state index is 0.00628. The van der Waals surface area contributed by atoms with E-state index in [9.17, 15) is 9.59 Å². The van der Waals surface area contributed by atoms with Gasteiger partial charge in [-0.25, -0.2) is 0 Å². The summed E-state index contributed by atoms with van der Waals surface area (Å²) in [6.45, 7) is 2.29. The average Bonchev–Trinajstić information content (AvgIpc) is 2.25. The van der Waals surface area contributed by atoms with E-state index in [0.717, 1.165) is 0 Å². The number of pyridine rings is 1. The van der Waals surface area contributed by atoms with E-state index in [1.807, 2.05) is 6.92 Å². The predicted molar refractivity (Wildman–Crippen MR) is 67.9 cm³/mol. The molecule has 1 atom stereocenters. The van der Waals surface area contributed by atoms with Crippen LogP contribution in [0.2, 0.25) is 0 Å². The first kappa shape index (κ1) is 13.9.